The standard InChI is InChI=1S/C19H22N2/c1-14-6-9-19-16(12-14)5-3-11-21(19)17-7-8-18-15(13-17)4-2-10-20-18/h6-9,12-13,20H,2-5,10-11H2,1H3. The maximum atomic E-state index is 3.50. The lowest BCUT2D eigenvalue weighted by Gasteiger charge is -2.32. The summed E-state index contributed by atoms with van der Waals surface area (Å²) in [6.07, 6.45) is 4.89. The molecular weight excluding hydrogens is 256 g/mol. The second-order valence-electron chi connectivity index (χ2n) is 6.26. The summed E-state index contributed by atoms with van der Waals surface area (Å²) in [6.45, 7) is 4.42. The van der Waals surface area contributed by atoms with Crippen LogP contribution >= 0.6 is 0 Å². The van der Waals surface area contributed by atoms with Gasteiger partial charge in [0.1, 0.15) is 0 Å². The van der Waals surface area contributed by atoms with Crippen LogP contribution in [0.1, 0.15) is 29.5 Å². The van der Waals surface area contributed by atoms with E-state index in [1.807, 2.05) is 0 Å². The van der Waals surface area contributed by atoms with Gasteiger partial charge >= 0.3 is 0 Å². The maximum absolute atomic E-state index is 3.50. The highest BCUT2D eigenvalue weighted by atomic mass is 15.1. The van der Waals surface area contributed by atoms with Crippen molar-refractivity contribution in [2.24, 2.45) is 0 Å². The minimum absolute atomic E-state index is 1.11. The van der Waals surface area contributed by atoms with Gasteiger partial charge in [0.2, 0.25) is 0 Å². The van der Waals surface area contributed by atoms with Gasteiger partial charge in [-0.2, -0.15) is 0 Å². The molecule has 2 aromatic carbocycles. The molecule has 0 fully saturated rings. The number of hydrogen-bond acceptors (Lipinski definition) is 2. The van der Waals surface area contributed by atoms with Crippen molar-refractivity contribution in [3.63, 3.8) is 0 Å². The van der Waals surface area contributed by atoms with Crippen molar-refractivity contribution in [2.75, 3.05) is 23.3 Å². The zero-order valence-electron chi connectivity index (χ0n) is 12.7. The minimum atomic E-state index is 1.11. The van der Waals surface area contributed by atoms with Crippen LogP contribution in [-0.2, 0) is 12.8 Å². The van der Waals surface area contributed by atoms with Gasteiger partial charge in [0.25, 0.3) is 0 Å². The molecule has 2 aliphatic rings. The Hall–Kier alpha value is -1.96. The van der Waals surface area contributed by atoms with Crippen LogP contribution in [0.2, 0.25) is 0 Å². The molecule has 2 aromatic rings. The highest BCUT2D eigenvalue weighted by molar-refractivity contribution is 5.71. The Labute approximate surface area is 126 Å². The third-order valence-electron chi connectivity index (χ3n) is 4.69. The van der Waals surface area contributed by atoms with E-state index < -0.39 is 0 Å². The lowest BCUT2D eigenvalue weighted by molar-refractivity contribution is 0.764. The summed E-state index contributed by atoms with van der Waals surface area (Å²) < 4.78 is 0. The Morgan fingerprint density at radius 3 is 2.81 bits per heavy atom. The molecule has 4 rings (SSSR count). The molecule has 2 heterocycles. The zero-order chi connectivity index (χ0) is 14.2. The number of benzene rings is 2. The van der Waals surface area contributed by atoms with Crippen LogP contribution in [0.15, 0.2) is 36.4 Å². The van der Waals surface area contributed by atoms with E-state index in [0.29, 0.717) is 0 Å². The summed E-state index contributed by atoms with van der Waals surface area (Å²) >= 11 is 0. The number of nitrogens with one attached hydrogen (secondary N) is 1. The molecule has 0 bridgehead atoms. The molecule has 21 heavy (non-hydrogen) atoms. The fourth-order valence-electron chi connectivity index (χ4n) is 3.62. The van der Waals surface area contributed by atoms with Crippen LogP contribution < -0.4 is 10.2 Å². The van der Waals surface area contributed by atoms with E-state index >= 15 is 0 Å². The van der Waals surface area contributed by atoms with Crippen LogP contribution in [-0.4, -0.2) is 13.1 Å². The van der Waals surface area contributed by atoms with Crippen molar-refractivity contribution < 1.29 is 0 Å². The normalized spacial score (nSPS) is 16.9. The van der Waals surface area contributed by atoms with Gasteiger partial charge in [0, 0.05) is 30.2 Å². The molecule has 0 aliphatic carbocycles. The molecule has 0 unspecified atom stereocenters. The fraction of sp³-hybridized carbons (Fsp3) is 0.368. The number of rotatable bonds is 1. The lowest BCUT2D eigenvalue weighted by atomic mass is 9.97. The predicted octanol–water partition coefficient (Wildman–Crippen LogP) is 4.44. The van der Waals surface area contributed by atoms with Gasteiger partial charge in [0.15, 0.2) is 0 Å². The molecule has 0 radical (unpaired) electrons. The topological polar surface area (TPSA) is 15.3 Å². The van der Waals surface area contributed by atoms with Crippen molar-refractivity contribution in [2.45, 2.75) is 32.6 Å². The summed E-state index contributed by atoms with van der Waals surface area (Å²) in [5.74, 6) is 0. The Morgan fingerprint density at radius 1 is 0.952 bits per heavy atom. The minimum Gasteiger partial charge on any atom is -0.385 e. The lowest BCUT2D eigenvalue weighted by Crippen LogP contribution is -2.25. The van der Waals surface area contributed by atoms with Gasteiger partial charge in [-0.1, -0.05) is 17.7 Å². The summed E-state index contributed by atoms with van der Waals surface area (Å²) in [7, 11) is 0. The van der Waals surface area contributed by atoms with Crippen molar-refractivity contribution >= 4 is 17.1 Å². The Balaban J connectivity index is 1.74. The molecule has 0 amide bonds. The average Bonchev–Trinajstić information content (AvgIpc) is 2.53. The van der Waals surface area contributed by atoms with E-state index in [-0.39, 0.29) is 0 Å². The van der Waals surface area contributed by atoms with Crippen LogP contribution in [0, 0.1) is 6.92 Å². The SMILES string of the molecule is Cc1ccc2c(c1)CCCN2c1ccc2c(c1)CCCN2. The number of fused-ring (bicyclic) bond motifs is 2. The average molecular weight is 278 g/mol. The van der Waals surface area contributed by atoms with Crippen molar-refractivity contribution in [3.8, 4) is 0 Å². The fourth-order valence-corrected chi connectivity index (χ4v) is 3.62. The quantitative estimate of drug-likeness (QED) is 0.829. The van der Waals surface area contributed by atoms with Gasteiger partial charge in [-0.3, -0.25) is 0 Å². The van der Waals surface area contributed by atoms with E-state index in [2.05, 4.69) is 53.5 Å². The Morgan fingerprint density at radius 2 is 1.86 bits per heavy atom. The van der Waals surface area contributed by atoms with Crippen molar-refractivity contribution in [3.05, 3.63) is 53.1 Å². The Kier molecular flexibility index (Phi) is 3.10. The van der Waals surface area contributed by atoms with E-state index in [4.69, 9.17) is 0 Å². The number of nitrogens with zero attached hydrogens (tertiary/aromatic N) is 1. The largest absolute Gasteiger partial charge is 0.385 e. The van der Waals surface area contributed by atoms with Crippen LogP contribution in [0.3, 0.4) is 0 Å². The van der Waals surface area contributed by atoms with Gasteiger partial charge in [-0.15, -0.1) is 0 Å². The first-order valence-electron chi connectivity index (χ1n) is 8.05. The Bertz CT molecular complexity index is 675. The van der Waals surface area contributed by atoms with Crippen LogP contribution in [0.4, 0.5) is 17.1 Å². The summed E-state index contributed by atoms with van der Waals surface area (Å²) in [5, 5.41) is 3.50. The van der Waals surface area contributed by atoms with Gasteiger partial charge in [-0.25, -0.2) is 0 Å². The van der Waals surface area contributed by atoms with Crippen molar-refractivity contribution in [1.82, 2.24) is 0 Å². The second kappa shape index (κ2) is 5.10. The third kappa shape index (κ3) is 2.29. The summed E-state index contributed by atoms with van der Waals surface area (Å²) in [5.41, 5.74) is 8.41. The van der Waals surface area contributed by atoms with Gasteiger partial charge in [-0.05, 0) is 68.0 Å². The molecule has 2 aliphatic heterocycles. The van der Waals surface area contributed by atoms with E-state index in [0.717, 1.165) is 13.1 Å². The number of anilines is 3. The van der Waals surface area contributed by atoms with Gasteiger partial charge in [0.05, 0.1) is 0 Å². The molecular formula is C19H22N2. The first-order valence-corrected chi connectivity index (χ1v) is 8.05. The third-order valence-corrected chi connectivity index (χ3v) is 4.69. The molecule has 2 heteroatoms. The summed E-state index contributed by atoms with van der Waals surface area (Å²) in [6, 6.07) is 13.8. The van der Waals surface area contributed by atoms with Crippen LogP contribution in [0.25, 0.3) is 0 Å². The molecule has 2 nitrogen and oxygen atoms in total. The molecule has 0 spiro atoms. The monoisotopic (exact) mass is 278 g/mol. The maximum Gasteiger partial charge on any atom is 0.0443 e. The number of aryl methyl sites for hydroxylation is 3. The number of hydrogen-bond donors (Lipinski definition) is 1. The zero-order valence-corrected chi connectivity index (χ0v) is 12.7. The first kappa shape index (κ1) is 12.8. The molecule has 0 atom stereocenters. The van der Waals surface area contributed by atoms with E-state index in [9.17, 15) is 0 Å². The van der Waals surface area contributed by atoms with E-state index in [1.54, 1.807) is 0 Å². The van der Waals surface area contributed by atoms with Gasteiger partial charge < -0.3 is 10.2 Å². The molecule has 1 N–H and O–H groups in total. The smallest absolute Gasteiger partial charge is 0.0443 e. The predicted molar refractivity (Wildman–Crippen MR) is 89.8 cm³/mol. The highest BCUT2D eigenvalue weighted by Crippen LogP contribution is 2.36. The summed E-state index contributed by atoms with van der Waals surface area (Å²) in [4.78, 5) is 2.49. The molecule has 108 valence electrons. The first-order chi connectivity index (χ1) is 10.3. The van der Waals surface area contributed by atoms with Crippen molar-refractivity contribution in [1.29, 1.82) is 0 Å². The molecule has 0 saturated carbocycles. The molecule has 0 saturated heterocycles. The van der Waals surface area contributed by atoms with E-state index in [1.165, 1.54) is 59.4 Å². The molecule has 0 aromatic heterocycles. The second-order valence-corrected chi connectivity index (χ2v) is 6.26. The van der Waals surface area contributed by atoms with Crippen LogP contribution in [0.5, 0.6) is 0 Å². The highest BCUT2D eigenvalue weighted by Gasteiger charge is 2.19.